The third-order valence-electron chi connectivity index (χ3n) is 6.95. The summed E-state index contributed by atoms with van der Waals surface area (Å²) >= 11 is 0. The summed E-state index contributed by atoms with van der Waals surface area (Å²) in [5, 5.41) is 21.0. The van der Waals surface area contributed by atoms with Gasteiger partial charge in [0.25, 0.3) is 0 Å². The molecule has 31 heavy (non-hydrogen) atoms. The summed E-state index contributed by atoms with van der Waals surface area (Å²) in [4.78, 5) is 13.4. The van der Waals surface area contributed by atoms with Crippen molar-refractivity contribution in [3.05, 3.63) is 59.2 Å². The van der Waals surface area contributed by atoms with Crippen LogP contribution in [0.2, 0.25) is 0 Å². The van der Waals surface area contributed by atoms with E-state index in [1.165, 1.54) is 16.7 Å². The van der Waals surface area contributed by atoms with Crippen LogP contribution in [0.4, 0.5) is 0 Å². The zero-order valence-electron chi connectivity index (χ0n) is 19.3. The average Bonchev–Trinajstić information content (AvgIpc) is 3.24. The molecule has 0 aromatic heterocycles. The van der Waals surface area contributed by atoms with E-state index >= 15 is 0 Å². The zero-order chi connectivity index (χ0) is 22.4. The van der Waals surface area contributed by atoms with Crippen LogP contribution in [0.1, 0.15) is 56.1 Å². The number of nitrogens with zero attached hydrogens (tertiary/aromatic N) is 1. The van der Waals surface area contributed by atoms with Gasteiger partial charge in [-0.3, -0.25) is 4.79 Å². The second-order valence-electron chi connectivity index (χ2n) is 9.71. The molecule has 0 bridgehead atoms. The number of hydrogen-bond donors (Lipinski definition) is 2. The fourth-order valence-corrected chi connectivity index (χ4v) is 5.18. The monoisotopic (exact) mass is 425 g/mol. The highest BCUT2D eigenvalue weighted by Crippen LogP contribution is 2.48. The lowest BCUT2D eigenvalue weighted by Crippen LogP contribution is -2.21. The van der Waals surface area contributed by atoms with E-state index in [4.69, 9.17) is 0 Å². The van der Waals surface area contributed by atoms with E-state index < -0.39 is 6.10 Å². The predicted octanol–water partition coefficient (Wildman–Crippen LogP) is 4.44. The average molecular weight is 426 g/mol. The number of unbranched alkanes of at least 4 members (excludes halogenated alkanes) is 1. The Morgan fingerprint density at radius 1 is 1.26 bits per heavy atom. The molecule has 0 saturated heterocycles. The molecule has 1 amide bonds. The lowest BCUT2D eigenvalue weighted by molar-refractivity contribution is -0.128. The third kappa shape index (κ3) is 6.78. The van der Waals surface area contributed by atoms with E-state index in [0.29, 0.717) is 24.7 Å². The highest BCUT2D eigenvalue weighted by molar-refractivity contribution is 5.75. The van der Waals surface area contributed by atoms with Gasteiger partial charge in [0, 0.05) is 26.4 Å². The maximum absolute atomic E-state index is 11.7. The van der Waals surface area contributed by atoms with Crippen molar-refractivity contribution in [3.63, 3.8) is 0 Å². The van der Waals surface area contributed by atoms with Gasteiger partial charge < -0.3 is 15.1 Å². The summed E-state index contributed by atoms with van der Waals surface area (Å²) < 4.78 is 0. The van der Waals surface area contributed by atoms with Gasteiger partial charge in [0.05, 0.1) is 12.2 Å². The fourth-order valence-electron chi connectivity index (χ4n) is 5.18. The Balaban J connectivity index is 1.44. The third-order valence-corrected chi connectivity index (χ3v) is 6.95. The van der Waals surface area contributed by atoms with Gasteiger partial charge in [0.15, 0.2) is 0 Å². The molecule has 2 N–H and O–H groups in total. The van der Waals surface area contributed by atoms with Crippen LogP contribution in [0.15, 0.2) is 48.1 Å². The number of carbonyl (C=O) groups is 1. The van der Waals surface area contributed by atoms with Crippen LogP contribution >= 0.6 is 0 Å². The predicted molar refractivity (Wildman–Crippen MR) is 126 cm³/mol. The Kier molecular flexibility index (Phi) is 8.50. The normalized spacial score (nSPS) is 26.2. The summed E-state index contributed by atoms with van der Waals surface area (Å²) in [5.74, 6) is 1.23. The second kappa shape index (κ2) is 11.1. The molecular formula is C27H39NO3. The maximum Gasteiger partial charge on any atom is 0.222 e. The van der Waals surface area contributed by atoms with Crippen LogP contribution in [-0.2, 0) is 11.2 Å². The zero-order valence-corrected chi connectivity index (χ0v) is 19.3. The Bertz CT molecular complexity index is 797. The molecule has 0 aliphatic heterocycles. The van der Waals surface area contributed by atoms with Gasteiger partial charge in [-0.15, -0.1) is 0 Å². The minimum atomic E-state index is -0.477. The number of hydrogen-bond acceptors (Lipinski definition) is 3. The van der Waals surface area contributed by atoms with Gasteiger partial charge in [-0.05, 0) is 69.3 Å². The molecule has 4 nitrogen and oxygen atoms in total. The van der Waals surface area contributed by atoms with E-state index in [9.17, 15) is 15.0 Å². The van der Waals surface area contributed by atoms with Crippen molar-refractivity contribution in [2.75, 3.05) is 14.1 Å². The quantitative estimate of drug-likeness (QED) is 0.430. The second-order valence-corrected chi connectivity index (χ2v) is 9.71. The largest absolute Gasteiger partial charge is 0.392 e. The molecule has 0 spiro atoms. The lowest BCUT2D eigenvalue weighted by atomic mass is 9.88. The van der Waals surface area contributed by atoms with E-state index in [1.807, 2.05) is 20.2 Å². The number of amides is 1. The molecule has 1 fully saturated rings. The Labute approximate surface area is 187 Å². The van der Waals surface area contributed by atoms with Crippen molar-refractivity contribution in [3.8, 4) is 0 Å². The van der Waals surface area contributed by atoms with Gasteiger partial charge in [0.2, 0.25) is 5.91 Å². The van der Waals surface area contributed by atoms with Gasteiger partial charge in [-0.1, -0.05) is 53.6 Å². The number of aliphatic hydroxyl groups excluding tert-OH is 2. The first-order chi connectivity index (χ1) is 14.8. The Morgan fingerprint density at radius 3 is 2.81 bits per heavy atom. The topological polar surface area (TPSA) is 60.8 Å². The van der Waals surface area contributed by atoms with Gasteiger partial charge in [-0.2, -0.15) is 0 Å². The van der Waals surface area contributed by atoms with Crippen molar-refractivity contribution in [1.82, 2.24) is 4.90 Å². The van der Waals surface area contributed by atoms with Crippen molar-refractivity contribution in [2.45, 2.75) is 70.5 Å². The molecule has 0 unspecified atom stereocenters. The molecule has 2 aliphatic rings. The van der Waals surface area contributed by atoms with E-state index in [1.54, 1.807) is 4.90 Å². The van der Waals surface area contributed by atoms with Crippen LogP contribution in [0.5, 0.6) is 0 Å². The first-order valence-corrected chi connectivity index (χ1v) is 11.8. The standard InChI is InChI=1S/C27H39NO3/c1-19-7-6-9-20(15-19)11-12-23(29)13-14-24-25-17-21(16-22(25)18-26(24)30)8-4-5-10-27(31)28(2)3/h6-7,9,13-16,22-26,29-30H,4-5,8,10-12,17-18H2,1-3H3/b14-13+/t22-,23+,24+,25-,26+/m0/s1. The number of carbonyl (C=O) groups excluding carboxylic acids is 1. The van der Waals surface area contributed by atoms with Crippen LogP contribution in [0.25, 0.3) is 0 Å². The highest BCUT2D eigenvalue weighted by Gasteiger charge is 2.43. The van der Waals surface area contributed by atoms with Crippen molar-refractivity contribution in [1.29, 1.82) is 0 Å². The molecule has 2 aliphatic carbocycles. The summed E-state index contributed by atoms with van der Waals surface area (Å²) in [6.45, 7) is 2.09. The van der Waals surface area contributed by atoms with E-state index in [-0.39, 0.29) is 17.9 Å². The van der Waals surface area contributed by atoms with Crippen LogP contribution in [-0.4, -0.2) is 47.3 Å². The number of rotatable bonds is 10. The Morgan fingerprint density at radius 2 is 2.06 bits per heavy atom. The molecule has 3 rings (SSSR count). The molecule has 1 saturated carbocycles. The summed E-state index contributed by atoms with van der Waals surface area (Å²) in [6, 6.07) is 8.43. The number of benzene rings is 1. The molecular weight excluding hydrogens is 386 g/mol. The Hall–Kier alpha value is -1.91. The molecule has 5 atom stereocenters. The highest BCUT2D eigenvalue weighted by atomic mass is 16.3. The molecule has 0 heterocycles. The lowest BCUT2D eigenvalue weighted by Gasteiger charge is -2.19. The molecule has 1 aromatic carbocycles. The van der Waals surface area contributed by atoms with Crippen molar-refractivity contribution >= 4 is 5.91 Å². The minimum Gasteiger partial charge on any atom is -0.392 e. The summed E-state index contributed by atoms with van der Waals surface area (Å²) in [7, 11) is 3.61. The molecule has 1 aromatic rings. The smallest absolute Gasteiger partial charge is 0.222 e. The molecule has 4 heteroatoms. The number of aliphatic hydroxyl groups is 2. The minimum absolute atomic E-state index is 0.127. The van der Waals surface area contributed by atoms with E-state index in [2.05, 4.69) is 43.3 Å². The number of allylic oxidation sites excluding steroid dienone is 2. The summed E-state index contributed by atoms with van der Waals surface area (Å²) in [6.07, 6.45) is 12.6. The van der Waals surface area contributed by atoms with Crippen LogP contribution in [0, 0.1) is 24.7 Å². The molecule has 170 valence electrons. The molecule has 0 radical (unpaired) electrons. The van der Waals surface area contributed by atoms with Crippen LogP contribution in [0.3, 0.4) is 0 Å². The van der Waals surface area contributed by atoms with Gasteiger partial charge in [0.1, 0.15) is 0 Å². The summed E-state index contributed by atoms with van der Waals surface area (Å²) in [5.41, 5.74) is 3.99. The number of aryl methyl sites for hydroxylation is 2. The first kappa shape index (κ1) is 23.7. The fraction of sp³-hybridized carbons (Fsp3) is 0.593. The van der Waals surface area contributed by atoms with Crippen molar-refractivity contribution < 1.29 is 15.0 Å². The van der Waals surface area contributed by atoms with Gasteiger partial charge >= 0.3 is 0 Å². The maximum atomic E-state index is 11.7. The van der Waals surface area contributed by atoms with E-state index in [0.717, 1.165) is 38.5 Å². The van der Waals surface area contributed by atoms with Crippen LogP contribution < -0.4 is 0 Å². The van der Waals surface area contributed by atoms with Crippen molar-refractivity contribution in [2.24, 2.45) is 17.8 Å². The number of fused-ring (bicyclic) bond motifs is 1. The van der Waals surface area contributed by atoms with Gasteiger partial charge in [-0.25, -0.2) is 0 Å². The first-order valence-electron chi connectivity index (χ1n) is 11.8. The SMILES string of the molecule is Cc1cccc(CC[C@@H](O)/C=C/[C@@H]2[C@H]3CC(CCCCC(=O)N(C)C)=C[C@H]3C[C@H]2O)c1.